The van der Waals surface area contributed by atoms with E-state index in [1.807, 2.05) is 31.2 Å². The van der Waals surface area contributed by atoms with Crippen molar-refractivity contribution in [1.82, 2.24) is 20.1 Å². The van der Waals surface area contributed by atoms with E-state index in [0.717, 1.165) is 11.3 Å². The lowest BCUT2D eigenvalue weighted by molar-refractivity contribution is 0.0951. The van der Waals surface area contributed by atoms with Crippen LogP contribution in [0.3, 0.4) is 0 Å². The molecule has 1 N–H and O–H groups in total. The van der Waals surface area contributed by atoms with Crippen molar-refractivity contribution in [3.05, 3.63) is 76.8 Å². The molecular weight excluding hydrogens is 344 g/mol. The van der Waals surface area contributed by atoms with Crippen LogP contribution in [0.2, 0.25) is 0 Å². The Morgan fingerprint density at radius 3 is 2.52 bits per heavy atom. The molecule has 0 spiro atoms. The summed E-state index contributed by atoms with van der Waals surface area (Å²) in [6.45, 7) is 3.10. The van der Waals surface area contributed by atoms with Gasteiger partial charge in [0.1, 0.15) is 5.75 Å². The molecule has 0 unspecified atom stereocenters. The third-order valence-corrected chi connectivity index (χ3v) is 3.88. The van der Waals surface area contributed by atoms with Crippen LogP contribution in [0.5, 0.6) is 5.75 Å². The van der Waals surface area contributed by atoms with Crippen LogP contribution in [0, 0.1) is 0 Å². The van der Waals surface area contributed by atoms with E-state index in [0.29, 0.717) is 24.4 Å². The Labute approximate surface area is 156 Å². The second-order valence-corrected chi connectivity index (χ2v) is 5.73. The van der Waals surface area contributed by atoms with Crippen molar-refractivity contribution >= 4 is 5.91 Å². The third kappa shape index (κ3) is 4.78. The fraction of sp³-hybridized carbons (Fsp3) is 0.200. The van der Waals surface area contributed by atoms with E-state index in [2.05, 4.69) is 15.4 Å². The maximum atomic E-state index is 12.0. The fourth-order valence-electron chi connectivity index (χ4n) is 2.53. The highest BCUT2D eigenvalue weighted by Crippen LogP contribution is 2.19. The summed E-state index contributed by atoms with van der Waals surface area (Å²) in [5.74, 6) is 0.571. The predicted molar refractivity (Wildman–Crippen MR) is 102 cm³/mol. The summed E-state index contributed by atoms with van der Waals surface area (Å²) in [6.07, 6.45) is 3.11. The molecule has 0 radical (unpaired) electrons. The Bertz CT molecular complexity index is 953. The molecule has 3 rings (SSSR count). The van der Waals surface area contributed by atoms with E-state index in [1.165, 1.54) is 10.7 Å². The highest BCUT2D eigenvalue weighted by molar-refractivity contribution is 5.93. The molecule has 0 aliphatic heterocycles. The van der Waals surface area contributed by atoms with Gasteiger partial charge in [0.2, 0.25) is 0 Å². The average molecular weight is 364 g/mol. The van der Waals surface area contributed by atoms with Gasteiger partial charge in [-0.25, -0.2) is 4.68 Å². The normalized spacial score (nSPS) is 10.4. The van der Waals surface area contributed by atoms with Gasteiger partial charge in [0.15, 0.2) is 0 Å². The Kier molecular flexibility index (Phi) is 5.94. The highest BCUT2D eigenvalue weighted by atomic mass is 16.5. The maximum Gasteiger partial charge on any atom is 0.266 e. The van der Waals surface area contributed by atoms with Crippen molar-refractivity contribution in [3.63, 3.8) is 0 Å². The number of nitrogens with one attached hydrogen (secondary N) is 1. The first-order chi connectivity index (χ1) is 13.2. The largest absolute Gasteiger partial charge is 0.494 e. The van der Waals surface area contributed by atoms with Crippen LogP contribution >= 0.6 is 0 Å². The molecule has 0 saturated carbocycles. The summed E-state index contributed by atoms with van der Waals surface area (Å²) < 4.78 is 6.78. The van der Waals surface area contributed by atoms with Gasteiger partial charge in [0, 0.05) is 36.1 Å². The van der Waals surface area contributed by atoms with Gasteiger partial charge >= 0.3 is 0 Å². The van der Waals surface area contributed by atoms with Gasteiger partial charge in [-0.2, -0.15) is 5.10 Å². The summed E-state index contributed by atoms with van der Waals surface area (Å²) in [4.78, 5) is 28.0. The van der Waals surface area contributed by atoms with E-state index in [1.54, 1.807) is 30.6 Å². The van der Waals surface area contributed by atoms with E-state index >= 15 is 0 Å². The number of aromatic nitrogens is 3. The molecule has 0 fully saturated rings. The van der Waals surface area contributed by atoms with Crippen molar-refractivity contribution in [2.24, 2.45) is 0 Å². The minimum atomic E-state index is -0.220. The van der Waals surface area contributed by atoms with Crippen LogP contribution in [0.1, 0.15) is 17.3 Å². The average Bonchev–Trinajstić information content (AvgIpc) is 2.71. The lowest BCUT2D eigenvalue weighted by Gasteiger charge is -2.09. The lowest BCUT2D eigenvalue weighted by Crippen LogP contribution is -2.31. The zero-order valence-electron chi connectivity index (χ0n) is 15.0. The minimum Gasteiger partial charge on any atom is -0.494 e. The van der Waals surface area contributed by atoms with Crippen molar-refractivity contribution in [3.8, 4) is 17.0 Å². The fourth-order valence-corrected chi connectivity index (χ4v) is 2.53. The lowest BCUT2D eigenvalue weighted by atomic mass is 10.1. The van der Waals surface area contributed by atoms with Gasteiger partial charge in [0.05, 0.1) is 18.8 Å². The van der Waals surface area contributed by atoms with Gasteiger partial charge < -0.3 is 10.1 Å². The number of hydrogen-bond acceptors (Lipinski definition) is 5. The minimum absolute atomic E-state index is 0.215. The molecule has 138 valence electrons. The first-order valence-corrected chi connectivity index (χ1v) is 8.67. The number of carbonyl (C=O) groups is 1. The molecule has 2 aromatic heterocycles. The van der Waals surface area contributed by atoms with Gasteiger partial charge in [0.25, 0.3) is 11.5 Å². The van der Waals surface area contributed by atoms with E-state index in [4.69, 9.17) is 4.74 Å². The number of pyridine rings is 1. The second kappa shape index (κ2) is 8.75. The summed E-state index contributed by atoms with van der Waals surface area (Å²) >= 11 is 0. The van der Waals surface area contributed by atoms with Gasteiger partial charge in [-0.15, -0.1) is 0 Å². The molecule has 7 nitrogen and oxygen atoms in total. The molecule has 1 amide bonds. The smallest absolute Gasteiger partial charge is 0.266 e. The number of ether oxygens (including phenoxy) is 1. The molecule has 2 heterocycles. The summed E-state index contributed by atoms with van der Waals surface area (Å²) in [7, 11) is 0. The SMILES string of the molecule is CCOc1ccc(-c2ccc(=O)n(CCNC(=O)c3ccncc3)n2)cc1. The Morgan fingerprint density at radius 1 is 1.07 bits per heavy atom. The Balaban J connectivity index is 1.66. The van der Waals surface area contributed by atoms with Crippen LogP contribution in [-0.2, 0) is 6.54 Å². The van der Waals surface area contributed by atoms with Crippen molar-refractivity contribution < 1.29 is 9.53 Å². The number of amides is 1. The predicted octanol–water partition coefficient (Wildman–Crippen LogP) is 2.13. The zero-order valence-corrected chi connectivity index (χ0v) is 15.0. The first-order valence-electron chi connectivity index (χ1n) is 8.67. The number of nitrogens with zero attached hydrogens (tertiary/aromatic N) is 3. The van der Waals surface area contributed by atoms with Crippen molar-refractivity contribution in [2.45, 2.75) is 13.5 Å². The van der Waals surface area contributed by atoms with Crippen molar-refractivity contribution in [1.29, 1.82) is 0 Å². The molecule has 0 aliphatic rings. The molecule has 0 bridgehead atoms. The van der Waals surface area contributed by atoms with Gasteiger partial charge in [-0.1, -0.05) is 0 Å². The zero-order chi connectivity index (χ0) is 19.1. The Morgan fingerprint density at radius 2 is 1.81 bits per heavy atom. The van der Waals surface area contributed by atoms with E-state index in [9.17, 15) is 9.59 Å². The second-order valence-electron chi connectivity index (χ2n) is 5.73. The topological polar surface area (TPSA) is 86.1 Å². The van der Waals surface area contributed by atoms with Crippen LogP contribution < -0.4 is 15.6 Å². The molecule has 27 heavy (non-hydrogen) atoms. The number of benzene rings is 1. The van der Waals surface area contributed by atoms with E-state index in [-0.39, 0.29) is 18.0 Å². The van der Waals surface area contributed by atoms with Gasteiger partial charge in [-0.05, 0) is 49.4 Å². The van der Waals surface area contributed by atoms with Crippen molar-refractivity contribution in [2.75, 3.05) is 13.2 Å². The molecule has 0 aliphatic carbocycles. The molecule has 0 atom stereocenters. The van der Waals surface area contributed by atoms with Crippen LogP contribution in [-0.4, -0.2) is 33.8 Å². The van der Waals surface area contributed by atoms with E-state index < -0.39 is 0 Å². The summed E-state index contributed by atoms with van der Waals surface area (Å²) in [6, 6.07) is 13.9. The standard InChI is InChI=1S/C20H20N4O3/c1-2-27-17-5-3-15(4-6-17)18-7-8-19(25)24(23-18)14-13-22-20(26)16-9-11-21-12-10-16/h3-12H,2,13-14H2,1H3,(H,22,26). The number of rotatable bonds is 7. The molecule has 1 aromatic carbocycles. The molecular formula is C20H20N4O3. The molecule has 0 saturated heterocycles. The molecule has 7 heteroatoms. The summed E-state index contributed by atoms with van der Waals surface area (Å²) in [5.41, 5.74) is 1.86. The van der Waals surface area contributed by atoms with Crippen LogP contribution in [0.4, 0.5) is 0 Å². The highest BCUT2D eigenvalue weighted by Gasteiger charge is 2.06. The Hall–Kier alpha value is -3.48. The maximum absolute atomic E-state index is 12.0. The molecule has 3 aromatic rings. The number of hydrogen-bond donors (Lipinski definition) is 1. The first kappa shape index (κ1) is 18.3. The quantitative estimate of drug-likeness (QED) is 0.694. The van der Waals surface area contributed by atoms with Gasteiger partial charge in [-0.3, -0.25) is 14.6 Å². The summed E-state index contributed by atoms with van der Waals surface area (Å²) in [5, 5.41) is 7.16. The van der Waals surface area contributed by atoms with Crippen LogP contribution in [0.25, 0.3) is 11.3 Å². The third-order valence-electron chi connectivity index (χ3n) is 3.88. The number of carbonyl (C=O) groups excluding carboxylic acids is 1. The van der Waals surface area contributed by atoms with Crippen LogP contribution in [0.15, 0.2) is 65.7 Å². The monoisotopic (exact) mass is 364 g/mol.